The van der Waals surface area contributed by atoms with Crippen molar-refractivity contribution in [2.45, 2.75) is 31.6 Å². The minimum atomic E-state index is -3.14. The summed E-state index contributed by atoms with van der Waals surface area (Å²) in [6.45, 7) is 3.94. The van der Waals surface area contributed by atoms with Gasteiger partial charge in [0.2, 0.25) is 5.44 Å². The summed E-state index contributed by atoms with van der Waals surface area (Å²) in [5, 5.41) is 3.34. The predicted octanol–water partition coefficient (Wildman–Crippen LogP) is 4.99. The van der Waals surface area contributed by atoms with E-state index in [9.17, 15) is 9.11 Å². The first-order valence-corrected chi connectivity index (χ1v) is 10.3. The molecule has 0 fully saturated rings. The molecule has 6 heteroatoms. The van der Waals surface area contributed by atoms with Crippen molar-refractivity contribution >= 4 is 22.2 Å². The number of nitrogens with one attached hydrogen (secondary N) is 1. The summed E-state index contributed by atoms with van der Waals surface area (Å²) < 4.78 is 29.6. The van der Waals surface area contributed by atoms with Crippen molar-refractivity contribution in [3.63, 3.8) is 0 Å². The van der Waals surface area contributed by atoms with E-state index in [1.807, 2.05) is 54.6 Å². The lowest BCUT2D eigenvalue weighted by Crippen LogP contribution is -2.39. The standard InChI is InChI=1S/C19H26N2O3S/c1-2-14-20-15-8-13-19-24-18-12-7-6-11-17(18)21(25(19,22)23)16-9-4-3-5-10-16/h3-7,9-12,19-20,22-23H,2,8,13-15H2,1H3. The van der Waals surface area contributed by atoms with Crippen LogP contribution in [0.15, 0.2) is 54.6 Å². The predicted molar refractivity (Wildman–Crippen MR) is 105 cm³/mol. The summed E-state index contributed by atoms with van der Waals surface area (Å²) >= 11 is 0. The van der Waals surface area contributed by atoms with E-state index in [2.05, 4.69) is 12.2 Å². The summed E-state index contributed by atoms with van der Waals surface area (Å²) in [7, 11) is -3.14. The van der Waals surface area contributed by atoms with Gasteiger partial charge in [-0.2, -0.15) is 0 Å². The zero-order chi connectivity index (χ0) is 17.7. The van der Waals surface area contributed by atoms with Gasteiger partial charge in [0.05, 0.1) is 5.69 Å². The van der Waals surface area contributed by atoms with E-state index in [0.29, 0.717) is 17.9 Å². The highest BCUT2D eigenvalue weighted by molar-refractivity contribution is 8.26. The molecule has 0 bridgehead atoms. The van der Waals surface area contributed by atoms with Crippen LogP contribution in [0.25, 0.3) is 0 Å². The van der Waals surface area contributed by atoms with Crippen LogP contribution in [0.3, 0.4) is 0 Å². The number of nitrogens with zero attached hydrogens (tertiary/aromatic N) is 1. The average Bonchev–Trinajstić information content (AvgIpc) is 2.62. The maximum Gasteiger partial charge on any atom is 0.206 e. The highest BCUT2D eigenvalue weighted by Crippen LogP contribution is 2.61. The second-order valence-electron chi connectivity index (χ2n) is 6.10. The fourth-order valence-electron chi connectivity index (χ4n) is 2.96. The monoisotopic (exact) mass is 362 g/mol. The number of anilines is 2. The lowest BCUT2D eigenvalue weighted by molar-refractivity contribution is 0.235. The Kier molecular flexibility index (Phi) is 5.86. The van der Waals surface area contributed by atoms with E-state index in [1.54, 1.807) is 4.31 Å². The van der Waals surface area contributed by atoms with Gasteiger partial charge >= 0.3 is 0 Å². The Balaban J connectivity index is 1.85. The van der Waals surface area contributed by atoms with Gasteiger partial charge in [0.25, 0.3) is 0 Å². The molecule has 0 aliphatic carbocycles. The third-order valence-electron chi connectivity index (χ3n) is 4.17. The Hall–Kier alpha value is -1.73. The number of benzene rings is 2. The summed E-state index contributed by atoms with van der Waals surface area (Å²) in [4.78, 5) is 0. The number of rotatable bonds is 7. The summed E-state index contributed by atoms with van der Waals surface area (Å²) in [6, 6.07) is 17.0. The molecule has 3 N–H and O–H groups in total. The number of hydrogen-bond donors (Lipinski definition) is 3. The van der Waals surface area contributed by atoms with Crippen molar-refractivity contribution in [3.05, 3.63) is 54.6 Å². The molecule has 2 aromatic carbocycles. The molecule has 5 nitrogen and oxygen atoms in total. The van der Waals surface area contributed by atoms with Crippen molar-refractivity contribution in [2.75, 3.05) is 17.4 Å². The van der Waals surface area contributed by atoms with E-state index in [4.69, 9.17) is 4.74 Å². The van der Waals surface area contributed by atoms with Gasteiger partial charge in [-0.3, -0.25) is 9.11 Å². The second-order valence-corrected chi connectivity index (χ2v) is 8.11. The first-order valence-electron chi connectivity index (χ1n) is 8.73. The van der Waals surface area contributed by atoms with Crippen molar-refractivity contribution in [3.8, 4) is 5.75 Å². The Morgan fingerprint density at radius 1 is 1.04 bits per heavy atom. The zero-order valence-electron chi connectivity index (χ0n) is 14.5. The molecule has 0 aromatic heterocycles. The summed E-state index contributed by atoms with van der Waals surface area (Å²) in [5.41, 5.74) is 0.799. The molecular weight excluding hydrogens is 336 g/mol. The van der Waals surface area contributed by atoms with Crippen LogP contribution < -0.4 is 14.4 Å². The summed E-state index contributed by atoms with van der Waals surface area (Å²) in [5.74, 6) is 0.684. The molecule has 0 spiro atoms. The van der Waals surface area contributed by atoms with Crippen LogP contribution in [0.2, 0.25) is 0 Å². The van der Waals surface area contributed by atoms with Gasteiger partial charge in [-0.15, -0.1) is 0 Å². The highest BCUT2D eigenvalue weighted by Gasteiger charge is 2.40. The molecule has 1 atom stereocenters. The van der Waals surface area contributed by atoms with Crippen molar-refractivity contribution in [2.24, 2.45) is 0 Å². The SMILES string of the molecule is CCCNCCCC1Oc2ccccc2N(c2ccccc2)S1(O)O. The lowest BCUT2D eigenvalue weighted by atomic mass is 10.2. The zero-order valence-corrected chi connectivity index (χ0v) is 15.3. The molecule has 136 valence electrons. The van der Waals surface area contributed by atoms with E-state index in [-0.39, 0.29) is 0 Å². The Labute approximate surface area is 151 Å². The largest absolute Gasteiger partial charge is 0.467 e. The van der Waals surface area contributed by atoms with E-state index >= 15 is 0 Å². The van der Waals surface area contributed by atoms with Crippen LogP contribution in [-0.2, 0) is 0 Å². The molecule has 0 saturated carbocycles. The van der Waals surface area contributed by atoms with E-state index < -0.39 is 16.2 Å². The van der Waals surface area contributed by atoms with E-state index in [0.717, 1.165) is 31.6 Å². The molecular formula is C19H26N2O3S. The number of para-hydroxylation sites is 3. The van der Waals surface area contributed by atoms with Crippen molar-refractivity contribution in [1.82, 2.24) is 5.32 Å². The molecule has 1 aliphatic rings. The van der Waals surface area contributed by atoms with Crippen LogP contribution >= 0.6 is 10.8 Å². The maximum atomic E-state index is 11.0. The van der Waals surface area contributed by atoms with Crippen LogP contribution in [0.1, 0.15) is 26.2 Å². The molecule has 2 aromatic rings. The minimum absolute atomic E-state index is 0.580. The topological polar surface area (TPSA) is 65.0 Å². The quantitative estimate of drug-likeness (QED) is 0.606. The van der Waals surface area contributed by atoms with Gasteiger partial charge in [-0.25, -0.2) is 4.31 Å². The van der Waals surface area contributed by atoms with Gasteiger partial charge in [-0.05, 0) is 50.2 Å². The fourth-order valence-corrected chi connectivity index (χ4v) is 4.79. The van der Waals surface area contributed by atoms with Crippen molar-refractivity contribution in [1.29, 1.82) is 0 Å². The number of fused-ring (bicyclic) bond motifs is 1. The molecule has 1 aliphatic heterocycles. The first-order chi connectivity index (χ1) is 12.1. The van der Waals surface area contributed by atoms with Gasteiger partial charge in [0.15, 0.2) is 0 Å². The molecule has 3 rings (SSSR count). The van der Waals surface area contributed by atoms with Crippen LogP contribution in [0.5, 0.6) is 5.75 Å². The number of ether oxygens (including phenoxy) is 1. The molecule has 1 unspecified atom stereocenters. The smallest absolute Gasteiger partial charge is 0.206 e. The Morgan fingerprint density at radius 3 is 2.52 bits per heavy atom. The molecule has 1 heterocycles. The normalized spacial score (nSPS) is 19.8. The highest BCUT2D eigenvalue weighted by atomic mass is 32.3. The van der Waals surface area contributed by atoms with Crippen molar-refractivity contribution < 1.29 is 13.8 Å². The number of hydrogen-bond acceptors (Lipinski definition) is 5. The maximum absolute atomic E-state index is 11.0. The first kappa shape index (κ1) is 18.1. The second kappa shape index (κ2) is 8.10. The van der Waals surface area contributed by atoms with Crippen LogP contribution in [0, 0.1) is 0 Å². The Bertz CT molecular complexity index is 681. The van der Waals surface area contributed by atoms with Crippen LogP contribution in [-0.4, -0.2) is 27.6 Å². The lowest BCUT2D eigenvalue weighted by Gasteiger charge is -2.51. The van der Waals surface area contributed by atoms with Gasteiger partial charge in [0, 0.05) is 6.42 Å². The molecule has 0 saturated heterocycles. The fraction of sp³-hybridized carbons (Fsp3) is 0.368. The molecule has 25 heavy (non-hydrogen) atoms. The third-order valence-corrected chi connectivity index (χ3v) is 6.16. The van der Waals surface area contributed by atoms with Gasteiger partial charge in [0.1, 0.15) is 11.4 Å². The summed E-state index contributed by atoms with van der Waals surface area (Å²) in [6.07, 6.45) is 2.49. The van der Waals surface area contributed by atoms with E-state index in [1.165, 1.54) is 0 Å². The van der Waals surface area contributed by atoms with Gasteiger partial charge in [-0.1, -0.05) is 48.0 Å². The van der Waals surface area contributed by atoms with Gasteiger partial charge < -0.3 is 10.1 Å². The Morgan fingerprint density at radius 2 is 1.76 bits per heavy atom. The molecule has 0 amide bonds. The molecule has 0 radical (unpaired) electrons. The average molecular weight is 362 g/mol. The minimum Gasteiger partial charge on any atom is -0.467 e. The third kappa shape index (κ3) is 3.93. The van der Waals surface area contributed by atoms with Crippen LogP contribution in [0.4, 0.5) is 11.4 Å².